The lowest BCUT2D eigenvalue weighted by Gasteiger charge is -2.36. The first kappa shape index (κ1) is 48.8. The highest BCUT2D eigenvalue weighted by molar-refractivity contribution is 7.93. The van der Waals surface area contributed by atoms with E-state index in [0.717, 1.165) is 10.5 Å². The number of hydrogen-bond donors (Lipinski definition) is 4. The number of carbonyl (C=O) groups is 5. The molecule has 1 unspecified atom stereocenters. The maximum absolute atomic E-state index is 13.9. The molecule has 2 atom stereocenters. The molecule has 3 aromatic carbocycles. The summed E-state index contributed by atoms with van der Waals surface area (Å²) >= 11 is 0. The molecular formula is C50H50F3N11O8S. The van der Waals surface area contributed by atoms with Crippen LogP contribution in [-0.4, -0.2) is 103 Å². The van der Waals surface area contributed by atoms with Crippen molar-refractivity contribution < 1.29 is 50.3 Å². The van der Waals surface area contributed by atoms with Crippen LogP contribution in [0, 0.1) is 11.7 Å². The van der Waals surface area contributed by atoms with Gasteiger partial charge in [0.1, 0.15) is 35.2 Å². The largest absolute Gasteiger partial charge is 0.484 e. The van der Waals surface area contributed by atoms with Crippen molar-refractivity contribution in [1.82, 2.24) is 39.7 Å². The van der Waals surface area contributed by atoms with Crippen LogP contribution >= 0.6 is 0 Å². The van der Waals surface area contributed by atoms with E-state index in [-0.39, 0.29) is 65.1 Å². The van der Waals surface area contributed by atoms with Crippen molar-refractivity contribution in [2.24, 2.45) is 13.0 Å². The molecule has 0 radical (unpaired) electrons. The first-order chi connectivity index (χ1) is 34.9. The third-order valence-electron chi connectivity index (χ3n) is 14.2. The van der Waals surface area contributed by atoms with Crippen molar-refractivity contribution in [3.05, 3.63) is 102 Å². The molecule has 5 N–H and O–H groups in total. The normalized spacial score (nSPS) is 20.1. The van der Waals surface area contributed by atoms with E-state index in [4.69, 9.17) is 20.7 Å². The summed E-state index contributed by atoms with van der Waals surface area (Å²) in [7, 11) is -3.36. The number of pyridine rings is 1. The van der Waals surface area contributed by atoms with Crippen LogP contribution in [0.1, 0.15) is 96.7 Å². The molecule has 3 aromatic heterocycles. The minimum absolute atomic E-state index is 0.00176. The third kappa shape index (κ3) is 9.32. The molecule has 380 valence electrons. The highest BCUT2D eigenvalue weighted by Crippen LogP contribution is 2.42. The zero-order chi connectivity index (χ0) is 51.5. The van der Waals surface area contributed by atoms with E-state index in [1.807, 2.05) is 20.5 Å². The number of rotatable bonds is 13. The fourth-order valence-corrected chi connectivity index (χ4v) is 11.0. The number of hydrogen-bond acceptors (Lipinski definition) is 13. The standard InChI is InChI=1S/C50H50F3N11O8S/c1-26(27-6-11-31(51)12-7-27)72-39-22-29(10-15-36(39)60-73(70,71)50(52)53)43-42-44(61(2)59-43)35(24-55-45(42)54)30-23-56-63(25-30)33-18-20-62(21-19-33)47(67)28-8-13-32(14-9-28)57-37-5-3-4-34-41(37)49(69)64(48(34)68)38-16-17-40(65)58-46(38)66/h3-7,10-12,15,22-26,28,32-33,38,50,57,60H,8-9,13-14,16-21H2,1-2H3,(H2,54,55)(H,58,65,66)/t26-,28-,32-,38?/m0/s1. The second-order valence-corrected chi connectivity index (χ2v) is 20.5. The first-order valence-electron chi connectivity index (χ1n) is 23.9. The van der Waals surface area contributed by atoms with E-state index in [2.05, 4.69) is 15.6 Å². The molecule has 1 aliphatic carbocycles. The molecule has 10 rings (SSSR count). The summed E-state index contributed by atoms with van der Waals surface area (Å²) in [6.07, 6.45) is 8.57. The number of piperidine rings is 2. The molecule has 2 saturated heterocycles. The fraction of sp³-hybridized carbons (Fsp3) is 0.360. The smallest absolute Gasteiger partial charge is 0.355 e. The number of likely N-dealkylation sites (tertiary alicyclic amines) is 1. The van der Waals surface area contributed by atoms with Gasteiger partial charge < -0.3 is 20.7 Å². The number of benzene rings is 3. The lowest BCUT2D eigenvalue weighted by atomic mass is 9.84. The Balaban J connectivity index is 0.791. The monoisotopic (exact) mass is 1020 g/mol. The second kappa shape index (κ2) is 19.3. The molecule has 3 fully saturated rings. The fourth-order valence-electron chi connectivity index (χ4n) is 10.4. The number of halogens is 3. The second-order valence-electron chi connectivity index (χ2n) is 18.8. The number of amides is 5. The Morgan fingerprint density at radius 3 is 2.34 bits per heavy atom. The van der Waals surface area contributed by atoms with Crippen LogP contribution in [-0.2, 0) is 31.5 Å². The number of fused-ring (bicyclic) bond motifs is 2. The maximum atomic E-state index is 13.9. The summed E-state index contributed by atoms with van der Waals surface area (Å²) in [5.74, 6) is -6.45. The molecule has 6 aromatic rings. The minimum Gasteiger partial charge on any atom is -0.484 e. The quantitative estimate of drug-likeness (QED) is 0.0897. The summed E-state index contributed by atoms with van der Waals surface area (Å²) in [6, 6.07) is 13.6. The van der Waals surface area contributed by atoms with Crippen molar-refractivity contribution in [1.29, 1.82) is 0 Å². The van der Waals surface area contributed by atoms with Gasteiger partial charge in [-0.2, -0.15) is 19.0 Å². The zero-order valence-corrected chi connectivity index (χ0v) is 40.4. The van der Waals surface area contributed by atoms with Gasteiger partial charge in [0.2, 0.25) is 17.7 Å². The number of nitrogens with zero attached hydrogens (tertiary/aromatic N) is 7. The number of aryl methyl sites for hydroxylation is 1. The van der Waals surface area contributed by atoms with Gasteiger partial charge in [0.05, 0.1) is 40.0 Å². The molecular weight excluding hydrogens is 972 g/mol. The molecule has 4 aliphatic rings. The molecule has 1 saturated carbocycles. The van der Waals surface area contributed by atoms with Gasteiger partial charge in [-0.15, -0.1) is 0 Å². The Kier molecular flexibility index (Phi) is 12.9. The van der Waals surface area contributed by atoms with Crippen LogP contribution in [0.4, 0.5) is 30.4 Å². The number of anilines is 3. The van der Waals surface area contributed by atoms with Crippen LogP contribution in [0.5, 0.6) is 5.75 Å². The molecule has 6 heterocycles. The van der Waals surface area contributed by atoms with E-state index < -0.39 is 57.4 Å². The van der Waals surface area contributed by atoms with E-state index in [1.54, 1.807) is 49.2 Å². The number of sulfonamides is 1. The average Bonchev–Trinajstić information content (AvgIpc) is 4.07. The van der Waals surface area contributed by atoms with Gasteiger partial charge >= 0.3 is 5.76 Å². The number of nitrogens with one attached hydrogen (secondary N) is 3. The molecule has 0 spiro atoms. The number of nitrogens with two attached hydrogens (primary N) is 1. The Bertz CT molecular complexity index is 3310. The maximum Gasteiger partial charge on any atom is 0.355 e. The van der Waals surface area contributed by atoms with E-state index >= 15 is 0 Å². The van der Waals surface area contributed by atoms with Crippen LogP contribution in [0.25, 0.3) is 33.3 Å². The van der Waals surface area contributed by atoms with Crippen LogP contribution in [0.2, 0.25) is 0 Å². The molecule has 23 heteroatoms. The summed E-state index contributed by atoms with van der Waals surface area (Å²) in [6.45, 7) is 2.73. The van der Waals surface area contributed by atoms with Gasteiger partial charge in [-0.3, -0.25) is 48.3 Å². The van der Waals surface area contributed by atoms with Gasteiger partial charge in [0, 0.05) is 73.3 Å². The van der Waals surface area contributed by atoms with E-state index in [9.17, 15) is 45.6 Å². The molecule has 3 aliphatic heterocycles. The Labute approximate surface area is 416 Å². The van der Waals surface area contributed by atoms with Gasteiger partial charge in [0.15, 0.2) is 0 Å². The lowest BCUT2D eigenvalue weighted by Crippen LogP contribution is -2.54. The number of imide groups is 2. The molecule has 19 nitrogen and oxygen atoms in total. The van der Waals surface area contributed by atoms with E-state index in [1.165, 1.54) is 42.5 Å². The summed E-state index contributed by atoms with van der Waals surface area (Å²) in [5, 5.41) is 15.6. The summed E-state index contributed by atoms with van der Waals surface area (Å²) in [5.41, 5.74) is 10.5. The van der Waals surface area contributed by atoms with Crippen molar-refractivity contribution >= 4 is 67.7 Å². The van der Waals surface area contributed by atoms with Crippen molar-refractivity contribution in [3.63, 3.8) is 0 Å². The lowest BCUT2D eigenvalue weighted by molar-refractivity contribution is -0.138. The van der Waals surface area contributed by atoms with Gasteiger partial charge in [-0.1, -0.05) is 24.3 Å². The number of alkyl halides is 2. The van der Waals surface area contributed by atoms with Gasteiger partial charge in [-0.25, -0.2) is 17.8 Å². The number of aromatic nitrogens is 5. The third-order valence-corrected chi connectivity index (χ3v) is 15.2. The van der Waals surface area contributed by atoms with Crippen molar-refractivity contribution in [2.45, 2.75) is 88.3 Å². The van der Waals surface area contributed by atoms with E-state index in [0.29, 0.717) is 90.6 Å². The predicted octanol–water partition coefficient (Wildman–Crippen LogP) is 6.56. The number of ether oxygens (including phenoxy) is 1. The average molecular weight is 1020 g/mol. The molecule has 73 heavy (non-hydrogen) atoms. The topological polar surface area (TPSA) is 246 Å². The first-order valence-corrected chi connectivity index (χ1v) is 25.4. The molecule has 0 bridgehead atoms. The zero-order valence-electron chi connectivity index (χ0n) is 39.6. The van der Waals surface area contributed by atoms with Crippen molar-refractivity contribution in [2.75, 3.05) is 28.9 Å². The number of nitrogen functional groups attached to an aromatic ring is 1. The van der Waals surface area contributed by atoms with Crippen LogP contribution in [0.15, 0.2) is 79.3 Å². The van der Waals surface area contributed by atoms with Gasteiger partial charge in [0.25, 0.3) is 21.8 Å². The summed E-state index contributed by atoms with van der Waals surface area (Å²) < 4.78 is 76.8. The minimum atomic E-state index is -5.09. The SMILES string of the molecule is C[C@H](Oc1cc(-c2nn(C)c3c(-c4cnn(C5CCN(C(=O)[C@H]6CC[C@H](Nc7cccc8c7C(=O)N(C7CCC(=O)NC7=O)C8=O)CC6)CC5)c4)cnc(N)c23)ccc1NS(=O)(=O)C(F)F)c1ccc(F)cc1. The molecule has 5 amide bonds. The predicted molar refractivity (Wildman–Crippen MR) is 261 cm³/mol. The van der Waals surface area contributed by atoms with Gasteiger partial charge in [-0.05, 0) is 93.8 Å². The Morgan fingerprint density at radius 2 is 1.63 bits per heavy atom. The van der Waals surface area contributed by atoms with Crippen LogP contribution in [0.3, 0.4) is 0 Å². The Hall–Kier alpha value is -7.82. The van der Waals surface area contributed by atoms with Crippen molar-refractivity contribution in [3.8, 4) is 28.1 Å². The Morgan fingerprint density at radius 1 is 0.890 bits per heavy atom. The number of carbonyl (C=O) groups excluding carboxylic acids is 5. The summed E-state index contributed by atoms with van der Waals surface area (Å²) in [4.78, 5) is 72.5. The van der Waals surface area contributed by atoms with Crippen LogP contribution < -0.4 is 25.8 Å². The highest BCUT2D eigenvalue weighted by Gasteiger charge is 2.46. The highest BCUT2D eigenvalue weighted by atomic mass is 32.2.